The molecule has 1 aromatic rings. The van der Waals surface area contributed by atoms with Gasteiger partial charge in [-0.1, -0.05) is 18.2 Å². The van der Waals surface area contributed by atoms with E-state index in [1.165, 1.54) is 18.2 Å². The second-order valence-electron chi connectivity index (χ2n) is 2.83. The molecule has 0 fully saturated rings. The molecule has 0 amide bonds. The maximum Gasteiger partial charge on any atom is 0.354 e. The lowest BCUT2D eigenvalue weighted by atomic mass is 10.4. The van der Waals surface area contributed by atoms with Crippen LogP contribution in [-0.4, -0.2) is 25.1 Å². The van der Waals surface area contributed by atoms with Crippen LogP contribution in [0.4, 0.5) is 5.82 Å². The van der Waals surface area contributed by atoms with Gasteiger partial charge in [-0.05, 0) is 12.1 Å². The second kappa shape index (κ2) is 4.79. The Balaban J connectivity index is 2.85. The van der Waals surface area contributed by atoms with Crippen molar-refractivity contribution in [2.45, 2.75) is 0 Å². The normalized spacial score (nSPS) is 9.53. The van der Waals surface area contributed by atoms with Crippen LogP contribution in [-0.2, 0) is 9.53 Å². The molecule has 0 saturated heterocycles. The molecule has 0 saturated carbocycles. The Morgan fingerprint density at radius 1 is 1.60 bits per heavy atom. The van der Waals surface area contributed by atoms with E-state index in [1.807, 2.05) is 0 Å². The standard InChI is InChI=1S/C10H11ClN2O2/c1-7(10(14)15-3)13(2)9-5-4-8(11)6-12-9/h4-6H,1H2,2-3H3. The number of aromatic nitrogens is 1. The van der Waals surface area contributed by atoms with E-state index in [-0.39, 0.29) is 5.70 Å². The Labute approximate surface area is 93.1 Å². The number of methoxy groups -OCH3 is 1. The summed E-state index contributed by atoms with van der Waals surface area (Å²) in [7, 11) is 2.98. The van der Waals surface area contributed by atoms with Crippen LogP contribution in [0.25, 0.3) is 0 Å². The molecule has 1 rings (SSSR count). The quantitative estimate of drug-likeness (QED) is 0.583. The summed E-state index contributed by atoms with van der Waals surface area (Å²) in [6.45, 7) is 3.60. The summed E-state index contributed by atoms with van der Waals surface area (Å²) in [5.74, 6) is 0.0871. The third-order valence-electron chi connectivity index (χ3n) is 1.88. The topological polar surface area (TPSA) is 42.4 Å². The largest absolute Gasteiger partial charge is 0.464 e. The first-order valence-corrected chi connectivity index (χ1v) is 4.56. The lowest BCUT2D eigenvalue weighted by Crippen LogP contribution is -2.23. The third kappa shape index (κ3) is 2.70. The zero-order valence-corrected chi connectivity index (χ0v) is 9.28. The van der Waals surface area contributed by atoms with E-state index in [1.54, 1.807) is 19.2 Å². The van der Waals surface area contributed by atoms with Crippen molar-refractivity contribution in [2.75, 3.05) is 19.1 Å². The molecule has 0 bridgehead atoms. The van der Waals surface area contributed by atoms with Crippen LogP contribution in [0, 0.1) is 0 Å². The smallest absolute Gasteiger partial charge is 0.354 e. The lowest BCUT2D eigenvalue weighted by molar-refractivity contribution is -0.136. The molecule has 5 heteroatoms. The van der Waals surface area contributed by atoms with Crippen LogP contribution in [0.1, 0.15) is 0 Å². The van der Waals surface area contributed by atoms with E-state index >= 15 is 0 Å². The summed E-state index contributed by atoms with van der Waals surface area (Å²) in [6, 6.07) is 3.38. The highest BCUT2D eigenvalue weighted by Crippen LogP contribution is 2.16. The number of rotatable bonds is 3. The van der Waals surface area contributed by atoms with Gasteiger partial charge in [0.15, 0.2) is 0 Å². The van der Waals surface area contributed by atoms with Crippen molar-refractivity contribution in [3.8, 4) is 0 Å². The van der Waals surface area contributed by atoms with E-state index < -0.39 is 5.97 Å². The van der Waals surface area contributed by atoms with E-state index in [0.29, 0.717) is 10.8 Å². The minimum atomic E-state index is -0.491. The highest BCUT2D eigenvalue weighted by atomic mass is 35.5. The predicted octanol–water partition coefficient (Wildman–Crippen LogP) is 1.86. The monoisotopic (exact) mass is 226 g/mol. The molecule has 80 valence electrons. The van der Waals surface area contributed by atoms with Gasteiger partial charge in [0, 0.05) is 13.2 Å². The SMILES string of the molecule is C=C(C(=O)OC)N(C)c1ccc(Cl)cn1. The van der Waals surface area contributed by atoms with Gasteiger partial charge in [0.05, 0.1) is 12.1 Å². The maximum atomic E-state index is 11.2. The number of carbonyl (C=O) groups excluding carboxylic acids is 1. The van der Waals surface area contributed by atoms with Crippen molar-refractivity contribution in [3.05, 3.63) is 35.6 Å². The summed E-state index contributed by atoms with van der Waals surface area (Å²) in [6.07, 6.45) is 1.50. The number of esters is 1. The minimum Gasteiger partial charge on any atom is -0.464 e. The molecule has 0 aromatic carbocycles. The number of ether oxygens (including phenoxy) is 1. The van der Waals surface area contributed by atoms with Gasteiger partial charge in [-0.15, -0.1) is 0 Å². The van der Waals surface area contributed by atoms with Crippen molar-refractivity contribution in [3.63, 3.8) is 0 Å². The predicted molar refractivity (Wildman–Crippen MR) is 58.8 cm³/mol. The fraction of sp³-hybridized carbons (Fsp3) is 0.200. The van der Waals surface area contributed by atoms with Crippen molar-refractivity contribution in [2.24, 2.45) is 0 Å². The molecule has 0 atom stereocenters. The number of likely N-dealkylation sites (N-methyl/N-ethyl adjacent to an activating group) is 1. The molecule has 0 unspecified atom stereocenters. The van der Waals surface area contributed by atoms with Crippen molar-refractivity contribution < 1.29 is 9.53 Å². The Morgan fingerprint density at radius 3 is 2.73 bits per heavy atom. The van der Waals surface area contributed by atoms with Gasteiger partial charge in [0.1, 0.15) is 11.5 Å². The average Bonchev–Trinajstić information content (AvgIpc) is 2.27. The summed E-state index contributed by atoms with van der Waals surface area (Å²) in [5.41, 5.74) is 0.215. The Morgan fingerprint density at radius 2 is 2.27 bits per heavy atom. The first-order chi connectivity index (χ1) is 7.06. The van der Waals surface area contributed by atoms with E-state index in [4.69, 9.17) is 11.6 Å². The molecule has 4 nitrogen and oxygen atoms in total. The highest BCUT2D eigenvalue weighted by Gasteiger charge is 2.13. The number of carbonyl (C=O) groups is 1. The van der Waals surface area contributed by atoms with Crippen LogP contribution in [0.5, 0.6) is 0 Å². The minimum absolute atomic E-state index is 0.215. The first kappa shape index (κ1) is 11.5. The van der Waals surface area contributed by atoms with Crippen molar-refractivity contribution in [1.82, 2.24) is 4.98 Å². The van der Waals surface area contributed by atoms with E-state index in [9.17, 15) is 4.79 Å². The number of nitrogens with zero attached hydrogens (tertiary/aromatic N) is 2. The Kier molecular flexibility index (Phi) is 3.68. The summed E-state index contributed by atoms with van der Waals surface area (Å²) in [4.78, 5) is 16.7. The summed E-state index contributed by atoms with van der Waals surface area (Å²) >= 11 is 5.69. The number of pyridine rings is 1. The zero-order valence-electron chi connectivity index (χ0n) is 8.53. The van der Waals surface area contributed by atoms with Gasteiger partial charge in [-0.3, -0.25) is 0 Å². The Bertz CT molecular complexity index is 376. The molecule has 0 N–H and O–H groups in total. The highest BCUT2D eigenvalue weighted by molar-refractivity contribution is 6.30. The van der Waals surface area contributed by atoms with Crippen molar-refractivity contribution >= 4 is 23.4 Å². The molecule has 1 heterocycles. The fourth-order valence-electron chi connectivity index (χ4n) is 0.959. The number of halogens is 1. The number of hydrogen-bond acceptors (Lipinski definition) is 4. The van der Waals surface area contributed by atoms with Crippen LogP contribution in [0.3, 0.4) is 0 Å². The van der Waals surface area contributed by atoms with Gasteiger partial charge < -0.3 is 9.64 Å². The third-order valence-corrected chi connectivity index (χ3v) is 2.10. The molecular formula is C10H11ClN2O2. The van der Waals surface area contributed by atoms with Crippen molar-refractivity contribution in [1.29, 1.82) is 0 Å². The van der Waals surface area contributed by atoms with E-state index in [0.717, 1.165) is 0 Å². The van der Waals surface area contributed by atoms with Crippen LogP contribution in [0.15, 0.2) is 30.6 Å². The van der Waals surface area contributed by atoms with Crippen LogP contribution < -0.4 is 4.90 Å². The van der Waals surface area contributed by atoms with E-state index in [2.05, 4.69) is 16.3 Å². The zero-order chi connectivity index (χ0) is 11.4. The molecular weight excluding hydrogens is 216 g/mol. The Hall–Kier alpha value is -1.55. The number of hydrogen-bond donors (Lipinski definition) is 0. The molecule has 15 heavy (non-hydrogen) atoms. The molecule has 0 aliphatic rings. The van der Waals surface area contributed by atoms with Crippen LogP contribution in [0.2, 0.25) is 5.02 Å². The van der Waals surface area contributed by atoms with Crippen LogP contribution >= 0.6 is 11.6 Å². The second-order valence-corrected chi connectivity index (χ2v) is 3.27. The van der Waals surface area contributed by atoms with Gasteiger partial charge >= 0.3 is 5.97 Å². The lowest BCUT2D eigenvalue weighted by Gasteiger charge is -2.18. The summed E-state index contributed by atoms with van der Waals surface area (Å²) < 4.78 is 4.54. The maximum absolute atomic E-state index is 11.2. The average molecular weight is 227 g/mol. The molecule has 0 aliphatic carbocycles. The van der Waals surface area contributed by atoms with Gasteiger partial charge in [0.2, 0.25) is 0 Å². The molecule has 0 spiro atoms. The molecule has 0 aliphatic heterocycles. The molecule has 0 radical (unpaired) electrons. The van der Waals surface area contributed by atoms with Gasteiger partial charge in [-0.2, -0.15) is 0 Å². The summed E-state index contributed by atoms with van der Waals surface area (Å²) in [5, 5.41) is 0.538. The number of anilines is 1. The molecule has 1 aromatic heterocycles. The van der Waals surface area contributed by atoms with Gasteiger partial charge in [0.25, 0.3) is 0 Å². The fourth-order valence-corrected chi connectivity index (χ4v) is 1.07. The first-order valence-electron chi connectivity index (χ1n) is 4.18. The van der Waals surface area contributed by atoms with Gasteiger partial charge in [-0.25, -0.2) is 9.78 Å².